The van der Waals surface area contributed by atoms with Crippen LogP contribution in [0, 0.1) is 11.8 Å². The van der Waals surface area contributed by atoms with Crippen LogP contribution in [-0.4, -0.2) is 82.5 Å². The number of likely N-dealkylation sites (tertiary alicyclic amines) is 2. The molecule has 2 saturated heterocycles. The van der Waals surface area contributed by atoms with Crippen LogP contribution in [-0.2, 0) is 36.4 Å². The monoisotopic (exact) mass is 567 g/mol. The van der Waals surface area contributed by atoms with Gasteiger partial charge in [-0.25, -0.2) is 8.42 Å². The molecule has 40 heavy (non-hydrogen) atoms. The molecule has 1 spiro atoms. The van der Waals surface area contributed by atoms with Gasteiger partial charge in [0.2, 0.25) is 15.9 Å². The van der Waals surface area contributed by atoms with E-state index in [4.69, 9.17) is 4.74 Å². The highest BCUT2D eigenvalue weighted by molar-refractivity contribution is 7.92. The first-order chi connectivity index (χ1) is 19.2. The van der Waals surface area contributed by atoms with Crippen LogP contribution >= 0.6 is 0 Å². The van der Waals surface area contributed by atoms with Crippen LogP contribution in [0.4, 0.5) is 5.69 Å². The molecule has 0 aromatic heterocycles. The highest BCUT2D eigenvalue weighted by atomic mass is 32.2. The van der Waals surface area contributed by atoms with Gasteiger partial charge in [0.1, 0.15) is 5.78 Å². The van der Waals surface area contributed by atoms with Crippen LogP contribution < -0.4 is 4.31 Å². The maximum absolute atomic E-state index is 13.9. The first kappa shape index (κ1) is 28.8. The fraction of sp³-hybridized carbons (Fsp3) is 0.548. The minimum Gasteiger partial charge on any atom is -0.376 e. The Labute approximate surface area is 238 Å². The van der Waals surface area contributed by atoms with Gasteiger partial charge >= 0.3 is 0 Å². The van der Waals surface area contributed by atoms with Gasteiger partial charge in [0.15, 0.2) is 0 Å². The van der Waals surface area contributed by atoms with Crippen LogP contribution in [0.2, 0.25) is 0 Å². The molecule has 0 aliphatic carbocycles. The lowest BCUT2D eigenvalue weighted by molar-refractivity contribution is -0.142. The van der Waals surface area contributed by atoms with Crippen molar-refractivity contribution in [2.24, 2.45) is 11.8 Å². The number of nitrogens with zero attached hydrogens (tertiary/aromatic N) is 3. The summed E-state index contributed by atoms with van der Waals surface area (Å²) in [6, 6.07) is 17.6. The molecular formula is C31H41N3O5S. The standard InChI is InChI=1S/C31H41N3O5S/c1-32-16-12-25(13-17-32)29(35)20-26(22-39-21-24-8-4-3-5-9-24)30(36)33-18-14-31(15-19-33)23-34(40(2,37)38)28-11-7-6-10-27(28)31/h3-11,25-26H,12-23H2,1-2H3/t26-/m1/s1. The average molecular weight is 568 g/mol. The molecule has 0 bridgehead atoms. The van der Waals surface area contributed by atoms with E-state index in [0.29, 0.717) is 39.1 Å². The van der Waals surface area contributed by atoms with Crippen molar-refractivity contribution in [3.8, 4) is 0 Å². The molecular weight excluding hydrogens is 526 g/mol. The van der Waals surface area contributed by atoms with Gasteiger partial charge in [-0.1, -0.05) is 48.5 Å². The maximum atomic E-state index is 13.9. The number of benzene rings is 2. The van der Waals surface area contributed by atoms with Crippen molar-refractivity contribution in [1.29, 1.82) is 0 Å². The first-order valence-electron chi connectivity index (χ1n) is 14.4. The van der Waals surface area contributed by atoms with Gasteiger partial charge in [-0.05, 0) is 63.0 Å². The van der Waals surface area contributed by atoms with Gasteiger partial charge in [0.05, 0.1) is 31.1 Å². The summed E-state index contributed by atoms with van der Waals surface area (Å²) in [7, 11) is -1.32. The van der Waals surface area contributed by atoms with Crippen molar-refractivity contribution in [1.82, 2.24) is 9.80 Å². The lowest BCUT2D eigenvalue weighted by Crippen LogP contribution is -2.50. The number of fused-ring (bicyclic) bond motifs is 2. The molecule has 5 rings (SSSR count). The van der Waals surface area contributed by atoms with Gasteiger partial charge in [0.25, 0.3) is 0 Å². The number of carbonyl (C=O) groups excluding carboxylic acids is 2. The largest absolute Gasteiger partial charge is 0.376 e. The number of hydrogen-bond donors (Lipinski definition) is 0. The second-order valence-corrected chi connectivity index (χ2v) is 13.7. The van der Waals surface area contributed by atoms with Gasteiger partial charge in [-0.3, -0.25) is 13.9 Å². The molecule has 8 nitrogen and oxygen atoms in total. The van der Waals surface area contributed by atoms with E-state index in [1.807, 2.05) is 59.5 Å². The fourth-order valence-electron chi connectivity index (χ4n) is 6.57. The summed E-state index contributed by atoms with van der Waals surface area (Å²) < 4.78 is 32.6. The normalized spacial score (nSPS) is 20.4. The third kappa shape index (κ3) is 6.26. The first-order valence-corrected chi connectivity index (χ1v) is 16.2. The van der Waals surface area contributed by atoms with Crippen molar-refractivity contribution in [2.45, 2.75) is 44.1 Å². The third-order valence-electron chi connectivity index (χ3n) is 9.02. The quantitative estimate of drug-likeness (QED) is 0.461. The Morgan fingerprint density at radius 2 is 1.62 bits per heavy atom. The van der Waals surface area contributed by atoms with Crippen LogP contribution in [0.15, 0.2) is 54.6 Å². The number of piperidine rings is 2. The number of amides is 1. The van der Waals surface area contributed by atoms with Gasteiger partial charge in [0, 0.05) is 37.4 Å². The van der Waals surface area contributed by atoms with E-state index in [9.17, 15) is 18.0 Å². The summed E-state index contributed by atoms with van der Waals surface area (Å²) >= 11 is 0. The van der Waals surface area contributed by atoms with E-state index in [1.165, 1.54) is 10.6 Å². The summed E-state index contributed by atoms with van der Waals surface area (Å²) in [5.74, 6) is -0.386. The lowest BCUT2D eigenvalue weighted by Gasteiger charge is -2.41. The topological polar surface area (TPSA) is 87.2 Å². The molecule has 2 fully saturated rings. The Balaban J connectivity index is 1.27. The van der Waals surface area contributed by atoms with E-state index in [-0.39, 0.29) is 36.1 Å². The number of hydrogen-bond acceptors (Lipinski definition) is 6. The zero-order chi connectivity index (χ0) is 28.3. The molecule has 1 atom stereocenters. The van der Waals surface area contributed by atoms with Gasteiger partial charge < -0.3 is 14.5 Å². The summed E-state index contributed by atoms with van der Waals surface area (Å²) in [6.07, 6.45) is 4.49. The third-order valence-corrected chi connectivity index (χ3v) is 10.2. The van der Waals surface area contributed by atoms with Crippen LogP contribution in [0.1, 0.15) is 43.2 Å². The highest BCUT2D eigenvalue weighted by Crippen LogP contribution is 2.48. The Bertz CT molecular complexity index is 1300. The number of rotatable bonds is 9. The molecule has 0 N–H and O–H groups in total. The average Bonchev–Trinajstić information content (AvgIpc) is 3.28. The zero-order valence-corrected chi connectivity index (χ0v) is 24.4. The van der Waals surface area contributed by atoms with E-state index >= 15 is 0 Å². The number of carbonyl (C=O) groups is 2. The minimum atomic E-state index is -3.40. The second-order valence-electron chi connectivity index (χ2n) is 11.8. The highest BCUT2D eigenvalue weighted by Gasteiger charge is 2.48. The van der Waals surface area contributed by atoms with Crippen molar-refractivity contribution in [2.75, 3.05) is 56.9 Å². The molecule has 2 aromatic rings. The molecule has 3 aliphatic rings. The molecule has 1 amide bonds. The minimum absolute atomic E-state index is 0.00205. The predicted octanol–water partition coefficient (Wildman–Crippen LogP) is 3.46. The number of sulfonamides is 1. The fourth-order valence-corrected chi connectivity index (χ4v) is 7.57. The Morgan fingerprint density at radius 3 is 2.30 bits per heavy atom. The summed E-state index contributed by atoms with van der Waals surface area (Å²) in [6.45, 7) is 3.88. The van der Waals surface area contributed by atoms with Gasteiger partial charge in [-0.2, -0.15) is 0 Å². The van der Waals surface area contributed by atoms with E-state index in [1.54, 1.807) is 0 Å². The van der Waals surface area contributed by atoms with E-state index in [2.05, 4.69) is 11.9 Å². The van der Waals surface area contributed by atoms with Crippen molar-refractivity contribution in [3.63, 3.8) is 0 Å². The molecule has 3 heterocycles. The summed E-state index contributed by atoms with van der Waals surface area (Å²) in [5, 5.41) is 0. The Hall–Kier alpha value is -2.75. The Morgan fingerprint density at radius 1 is 0.975 bits per heavy atom. The van der Waals surface area contributed by atoms with Crippen LogP contribution in [0.3, 0.4) is 0 Å². The zero-order valence-electron chi connectivity index (χ0n) is 23.6. The molecule has 0 radical (unpaired) electrons. The van der Waals surface area contributed by atoms with Gasteiger partial charge in [-0.15, -0.1) is 0 Å². The lowest BCUT2D eigenvalue weighted by atomic mass is 9.74. The molecule has 216 valence electrons. The van der Waals surface area contributed by atoms with E-state index in [0.717, 1.165) is 42.7 Å². The van der Waals surface area contributed by atoms with Crippen molar-refractivity contribution >= 4 is 27.4 Å². The smallest absolute Gasteiger partial charge is 0.232 e. The van der Waals surface area contributed by atoms with Crippen LogP contribution in [0.5, 0.6) is 0 Å². The summed E-state index contributed by atoms with van der Waals surface area (Å²) in [5.41, 5.74) is 2.53. The molecule has 3 aliphatic heterocycles. The number of ketones is 1. The molecule has 0 saturated carbocycles. The van der Waals surface area contributed by atoms with Crippen LogP contribution in [0.25, 0.3) is 0 Å². The number of para-hydroxylation sites is 1. The SMILES string of the molecule is CN1CCC(C(=O)C[C@H](COCc2ccccc2)C(=O)N2CCC3(CC2)CN(S(C)(=O)=O)c2ccccc23)CC1. The molecule has 2 aromatic carbocycles. The maximum Gasteiger partial charge on any atom is 0.232 e. The summed E-state index contributed by atoms with van der Waals surface area (Å²) in [4.78, 5) is 31.3. The molecule has 9 heteroatoms. The Kier molecular flexibility index (Phi) is 8.63. The van der Waals surface area contributed by atoms with Crippen molar-refractivity contribution < 1.29 is 22.7 Å². The predicted molar refractivity (Wildman–Crippen MR) is 156 cm³/mol. The van der Waals surface area contributed by atoms with E-state index < -0.39 is 15.9 Å². The number of Topliss-reactive ketones (excluding diaryl/α,β-unsaturated/α-hetero) is 1. The van der Waals surface area contributed by atoms with Crippen molar-refractivity contribution in [3.05, 3.63) is 65.7 Å². The molecule has 0 unspecified atom stereocenters. The second kappa shape index (κ2) is 12.0. The number of ether oxygens (including phenoxy) is 1. The number of anilines is 1.